The molecule has 26 heavy (non-hydrogen) atoms. The van der Waals surface area contributed by atoms with Crippen molar-refractivity contribution in [3.05, 3.63) is 51.8 Å². The predicted molar refractivity (Wildman–Crippen MR) is 107 cm³/mol. The van der Waals surface area contributed by atoms with Gasteiger partial charge in [-0.3, -0.25) is 9.48 Å². The van der Waals surface area contributed by atoms with Crippen molar-refractivity contribution in [2.75, 3.05) is 20.1 Å². The number of rotatable bonds is 4. The van der Waals surface area contributed by atoms with Crippen LogP contribution in [-0.4, -0.2) is 46.8 Å². The van der Waals surface area contributed by atoms with E-state index in [0.29, 0.717) is 12.6 Å². The molecule has 1 aliphatic rings. The van der Waals surface area contributed by atoms with Crippen LogP contribution in [-0.2, 0) is 6.54 Å². The highest BCUT2D eigenvalue weighted by Gasteiger charge is 2.27. The van der Waals surface area contributed by atoms with Gasteiger partial charge >= 0.3 is 0 Å². The number of likely N-dealkylation sites (tertiary alicyclic amines) is 1. The summed E-state index contributed by atoms with van der Waals surface area (Å²) in [6.07, 6.45) is 2.15. The Morgan fingerprint density at radius 3 is 2.77 bits per heavy atom. The minimum Gasteiger partial charge on any atom is -0.337 e. The number of amides is 1. The first kappa shape index (κ1) is 20.7. The lowest BCUT2D eigenvalue weighted by Gasteiger charge is -2.32. The maximum absolute atomic E-state index is 13.1. The fourth-order valence-electron chi connectivity index (χ4n) is 3.50. The lowest BCUT2D eigenvalue weighted by atomic mass is 10.0. The molecular weight excluding hydrogens is 371 g/mol. The maximum atomic E-state index is 13.1. The Balaban J connectivity index is 0.00000243. The molecule has 1 atom stereocenters. The molecule has 1 amide bonds. The first-order valence-electron chi connectivity index (χ1n) is 8.75. The summed E-state index contributed by atoms with van der Waals surface area (Å²) in [5.74, 6) is 0.0837. The highest BCUT2D eigenvalue weighted by Crippen LogP contribution is 2.22. The van der Waals surface area contributed by atoms with E-state index in [9.17, 15) is 4.79 Å². The average molecular weight is 397 g/mol. The van der Waals surface area contributed by atoms with Crippen molar-refractivity contribution in [1.82, 2.24) is 20.0 Å². The normalized spacial score (nSPS) is 17.1. The van der Waals surface area contributed by atoms with Gasteiger partial charge in [-0.15, -0.1) is 12.4 Å². The molecule has 5 nitrogen and oxygen atoms in total. The SMILES string of the molecule is CNC1CCCN(C(=O)c2c(C)nn(Cc3ccccc3Cl)c2C)C1.Cl. The van der Waals surface area contributed by atoms with Crippen LogP contribution in [0.4, 0.5) is 0 Å². The van der Waals surface area contributed by atoms with E-state index in [1.165, 1.54) is 0 Å². The van der Waals surface area contributed by atoms with Gasteiger partial charge in [-0.25, -0.2) is 0 Å². The minimum atomic E-state index is 0. The first-order valence-corrected chi connectivity index (χ1v) is 9.13. The Bertz CT molecular complexity index is 775. The maximum Gasteiger partial charge on any atom is 0.257 e. The molecule has 1 aliphatic heterocycles. The van der Waals surface area contributed by atoms with Gasteiger partial charge < -0.3 is 10.2 Å². The number of aryl methyl sites for hydroxylation is 1. The summed E-state index contributed by atoms with van der Waals surface area (Å²) in [6, 6.07) is 8.11. The fourth-order valence-corrected chi connectivity index (χ4v) is 3.70. The van der Waals surface area contributed by atoms with Crippen LogP contribution in [0.25, 0.3) is 0 Å². The monoisotopic (exact) mass is 396 g/mol. The lowest BCUT2D eigenvalue weighted by Crippen LogP contribution is -2.47. The summed E-state index contributed by atoms with van der Waals surface area (Å²) in [6.45, 7) is 6.00. The van der Waals surface area contributed by atoms with Crippen molar-refractivity contribution in [3.8, 4) is 0 Å². The number of carbonyl (C=O) groups excluding carboxylic acids is 1. The summed E-state index contributed by atoms with van der Waals surface area (Å²) >= 11 is 6.27. The summed E-state index contributed by atoms with van der Waals surface area (Å²) in [5.41, 5.74) is 3.40. The summed E-state index contributed by atoms with van der Waals surface area (Å²) in [7, 11) is 1.96. The number of hydrogen-bond acceptors (Lipinski definition) is 3. The van der Waals surface area contributed by atoms with E-state index in [-0.39, 0.29) is 18.3 Å². The molecule has 0 aliphatic carbocycles. The molecule has 1 N–H and O–H groups in total. The highest BCUT2D eigenvalue weighted by molar-refractivity contribution is 6.31. The number of nitrogens with zero attached hydrogens (tertiary/aromatic N) is 3. The second-order valence-electron chi connectivity index (χ2n) is 6.67. The Labute approximate surface area is 166 Å². The van der Waals surface area contributed by atoms with E-state index in [4.69, 9.17) is 11.6 Å². The van der Waals surface area contributed by atoms with Gasteiger partial charge in [-0.1, -0.05) is 29.8 Å². The molecule has 1 unspecified atom stereocenters. The summed E-state index contributed by atoms with van der Waals surface area (Å²) < 4.78 is 1.88. The molecule has 0 radical (unpaired) electrons. The third kappa shape index (κ3) is 4.22. The van der Waals surface area contributed by atoms with Crippen LogP contribution in [0.15, 0.2) is 24.3 Å². The number of aromatic nitrogens is 2. The zero-order valence-corrected chi connectivity index (χ0v) is 17.0. The van der Waals surface area contributed by atoms with E-state index >= 15 is 0 Å². The van der Waals surface area contributed by atoms with E-state index in [1.54, 1.807) is 0 Å². The van der Waals surface area contributed by atoms with E-state index in [0.717, 1.165) is 53.5 Å². The molecule has 1 saturated heterocycles. The summed E-state index contributed by atoms with van der Waals surface area (Å²) in [4.78, 5) is 15.0. The van der Waals surface area contributed by atoms with Crippen LogP contribution in [0.1, 0.15) is 40.2 Å². The number of halogens is 2. The second kappa shape index (κ2) is 8.89. The van der Waals surface area contributed by atoms with Crippen LogP contribution in [0.2, 0.25) is 5.02 Å². The molecule has 2 aromatic rings. The van der Waals surface area contributed by atoms with Gasteiger partial charge in [-0.05, 0) is 45.4 Å². The van der Waals surface area contributed by atoms with Crippen molar-refractivity contribution in [1.29, 1.82) is 0 Å². The number of likely N-dealkylation sites (N-methyl/N-ethyl adjacent to an activating group) is 1. The van der Waals surface area contributed by atoms with Gasteiger partial charge in [0.15, 0.2) is 0 Å². The largest absolute Gasteiger partial charge is 0.337 e. The molecule has 1 aromatic carbocycles. The standard InChI is InChI=1S/C19H25ClN4O.ClH/c1-13-18(19(25)23-10-6-8-16(12-23)21-3)14(2)24(22-13)11-15-7-4-5-9-17(15)20;/h4-5,7,9,16,21H,6,8,10-12H2,1-3H3;1H. The van der Waals surface area contributed by atoms with Gasteiger partial charge in [0.05, 0.1) is 17.8 Å². The third-order valence-electron chi connectivity index (χ3n) is 4.99. The van der Waals surface area contributed by atoms with Crippen molar-refractivity contribution in [3.63, 3.8) is 0 Å². The van der Waals surface area contributed by atoms with Crippen LogP contribution in [0, 0.1) is 13.8 Å². The first-order chi connectivity index (χ1) is 12.0. The molecule has 3 rings (SSSR count). The predicted octanol–water partition coefficient (Wildman–Crippen LogP) is 3.45. The Morgan fingerprint density at radius 1 is 1.35 bits per heavy atom. The minimum absolute atomic E-state index is 0. The number of carbonyl (C=O) groups is 1. The molecule has 1 aromatic heterocycles. The summed E-state index contributed by atoms with van der Waals surface area (Å²) in [5, 5.41) is 8.60. The molecule has 0 bridgehead atoms. The molecule has 0 spiro atoms. The molecular formula is C19H26Cl2N4O. The molecule has 2 heterocycles. The molecule has 7 heteroatoms. The van der Waals surface area contributed by atoms with Gasteiger partial charge in [0.1, 0.15) is 0 Å². The van der Waals surface area contributed by atoms with Crippen molar-refractivity contribution in [2.45, 2.75) is 39.3 Å². The number of piperidine rings is 1. The van der Waals surface area contributed by atoms with Crippen molar-refractivity contribution >= 4 is 29.9 Å². The zero-order chi connectivity index (χ0) is 18.0. The van der Waals surface area contributed by atoms with Gasteiger partial charge in [-0.2, -0.15) is 5.10 Å². The van der Waals surface area contributed by atoms with Crippen molar-refractivity contribution in [2.24, 2.45) is 0 Å². The van der Waals surface area contributed by atoms with Crippen LogP contribution in [0.5, 0.6) is 0 Å². The number of benzene rings is 1. The van der Waals surface area contributed by atoms with Crippen molar-refractivity contribution < 1.29 is 4.79 Å². The molecule has 0 saturated carbocycles. The quantitative estimate of drug-likeness (QED) is 0.860. The number of hydrogen-bond donors (Lipinski definition) is 1. The highest BCUT2D eigenvalue weighted by atomic mass is 35.5. The van der Waals surface area contributed by atoms with Crippen LogP contribution < -0.4 is 5.32 Å². The number of nitrogens with one attached hydrogen (secondary N) is 1. The van der Waals surface area contributed by atoms with Crippen LogP contribution >= 0.6 is 24.0 Å². The Hall–Kier alpha value is -1.56. The Morgan fingerprint density at radius 2 is 2.08 bits per heavy atom. The second-order valence-corrected chi connectivity index (χ2v) is 7.08. The van der Waals surface area contributed by atoms with E-state index in [2.05, 4.69) is 10.4 Å². The topological polar surface area (TPSA) is 50.2 Å². The van der Waals surface area contributed by atoms with E-state index in [1.807, 2.05) is 54.7 Å². The smallest absolute Gasteiger partial charge is 0.257 e. The lowest BCUT2D eigenvalue weighted by molar-refractivity contribution is 0.0696. The Kier molecular flexibility index (Phi) is 7.09. The van der Waals surface area contributed by atoms with Gasteiger partial charge in [0.2, 0.25) is 0 Å². The molecule has 1 fully saturated rings. The zero-order valence-electron chi connectivity index (χ0n) is 15.5. The van der Waals surface area contributed by atoms with E-state index < -0.39 is 0 Å². The van der Waals surface area contributed by atoms with Gasteiger partial charge in [0.25, 0.3) is 5.91 Å². The fraction of sp³-hybridized carbons (Fsp3) is 0.474. The van der Waals surface area contributed by atoms with Gasteiger partial charge in [0, 0.05) is 29.8 Å². The molecule has 142 valence electrons. The average Bonchev–Trinajstić information content (AvgIpc) is 2.90. The van der Waals surface area contributed by atoms with Crippen LogP contribution in [0.3, 0.4) is 0 Å². The third-order valence-corrected chi connectivity index (χ3v) is 5.36.